The molecular formula is C14H29NO2. The number of hydrogen-bond donors (Lipinski definition) is 3. The van der Waals surface area contributed by atoms with Gasteiger partial charge in [-0.2, -0.15) is 0 Å². The van der Waals surface area contributed by atoms with Crippen molar-refractivity contribution >= 4 is 0 Å². The molecule has 0 spiro atoms. The number of rotatable bonds is 6. The lowest BCUT2D eigenvalue weighted by atomic mass is 9.83. The SMILES string of the molecule is CC(C)C[C@H](O)C(O)[C@H](N)CC1CCCCC1. The maximum absolute atomic E-state index is 9.99. The van der Waals surface area contributed by atoms with Gasteiger partial charge in [0.25, 0.3) is 0 Å². The van der Waals surface area contributed by atoms with Crippen LogP contribution in [0.4, 0.5) is 0 Å². The van der Waals surface area contributed by atoms with Gasteiger partial charge in [-0.1, -0.05) is 46.0 Å². The first kappa shape index (κ1) is 14.9. The molecule has 0 bridgehead atoms. The lowest BCUT2D eigenvalue weighted by molar-refractivity contribution is -0.0117. The Morgan fingerprint density at radius 1 is 1.12 bits per heavy atom. The molecule has 3 nitrogen and oxygen atoms in total. The first-order chi connectivity index (χ1) is 8.00. The summed E-state index contributed by atoms with van der Waals surface area (Å²) in [6.45, 7) is 4.09. The maximum Gasteiger partial charge on any atom is 0.0949 e. The fourth-order valence-electron chi connectivity index (χ4n) is 2.85. The molecule has 0 aromatic heterocycles. The third-order valence-corrected chi connectivity index (χ3v) is 3.88. The van der Waals surface area contributed by atoms with E-state index in [1.54, 1.807) is 0 Å². The summed E-state index contributed by atoms with van der Waals surface area (Å²) in [5.41, 5.74) is 6.01. The van der Waals surface area contributed by atoms with E-state index in [2.05, 4.69) is 0 Å². The average molecular weight is 243 g/mol. The highest BCUT2D eigenvalue weighted by atomic mass is 16.3. The van der Waals surface area contributed by atoms with E-state index in [9.17, 15) is 10.2 Å². The van der Waals surface area contributed by atoms with Crippen molar-refractivity contribution in [2.75, 3.05) is 0 Å². The Morgan fingerprint density at radius 3 is 2.24 bits per heavy atom. The summed E-state index contributed by atoms with van der Waals surface area (Å²) in [6, 6.07) is -0.271. The fraction of sp³-hybridized carbons (Fsp3) is 1.00. The van der Waals surface area contributed by atoms with E-state index in [-0.39, 0.29) is 6.04 Å². The van der Waals surface area contributed by atoms with Crippen LogP contribution in [0.25, 0.3) is 0 Å². The lowest BCUT2D eigenvalue weighted by Crippen LogP contribution is -2.44. The van der Waals surface area contributed by atoms with E-state index in [0.717, 1.165) is 6.42 Å². The second kappa shape index (κ2) is 7.34. The standard InChI is InChI=1S/C14H29NO2/c1-10(2)8-13(16)14(17)12(15)9-11-6-4-3-5-7-11/h10-14,16-17H,3-9,15H2,1-2H3/t12-,13+,14?/m1/s1. The average Bonchev–Trinajstić information content (AvgIpc) is 2.28. The molecule has 1 unspecified atom stereocenters. The molecule has 1 aliphatic carbocycles. The van der Waals surface area contributed by atoms with E-state index in [0.29, 0.717) is 18.3 Å². The number of nitrogens with two attached hydrogens (primary N) is 1. The Hall–Kier alpha value is -0.120. The zero-order valence-corrected chi connectivity index (χ0v) is 11.3. The van der Waals surface area contributed by atoms with Crippen molar-refractivity contribution in [1.29, 1.82) is 0 Å². The van der Waals surface area contributed by atoms with Crippen molar-refractivity contribution in [2.45, 2.75) is 77.0 Å². The minimum absolute atomic E-state index is 0.271. The second-order valence-electron chi connectivity index (χ2n) is 6.09. The zero-order valence-electron chi connectivity index (χ0n) is 11.3. The molecule has 1 aliphatic rings. The highest BCUT2D eigenvalue weighted by Gasteiger charge is 2.26. The first-order valence-corrected chi connectivity index (χ1v) is 7.12. The molecule has 0 aliphatic heterocycles. The van der Waals surface area contributed by atoms with Crippen molar-refractivity contribution < 1.29 is 10.2 Å². The second-order valence-corrected chi connectivity index (χ2v) is 6.09. The quantitative estimate of drug-likeness (QED) is 0.669. The molecule has 0 aromatic rings. The van der Waals surface area contributed by atoms with Gasteiger partial charge in [0.2, 0.25) is 0 Å². The largest absolute Gasteiger partial charge is 0.390 e. The van der Waals surface area contributed by atoms with Crippen LogP contribution >= 0.6 is 0 Å². The van der Waals surface area contributed by atoms with Gasteiger partial charge in [-0.25, -0.2) is 0 Å². The molecule has 0 amide bonds. The molecule has 3 atom stereocenters. The van der Waals surface area contributed by atoms with Gasteiger partial charge < -0.3 is 15.9 Å². The summed E-state index contributed by atoms with van der Waals surface area (Å²) >= 11 is 0. The maximum atomic E-state index is 9.99. The van der Waals surface area contributed by atoms with E-state index >= 15 is 0 Å². The van der Waals surface area contributed by atoms with Gasteiger partial charge in [0, 0.05) is 6.04 Å². The fourth-order valence-corrected chi connectivity index (χ4v) is 2.85. The van der Waals surface area contributed by atoms with Gasteiger partial charge in [0.05, 0.1) is 12.2 Å². The smallest absolute Gasteiger partial charge is 0.0949 e. The minimum atomic E-state index is -0.765. The van der Waals surface area contributed by atoms with Crippen LogP contribution in [-0.4, -0.2) is 28.5 Å². The molecule has 0 saturated heterocycles. The van der Waals surface area contributed by atoms with Crippen LogP contribution in [0, 0.1) is 11.8 Å². The number of aliphatic hydroxyl groups is 2. The van der Waals surface area contributed by atoms with Gasteiger partial charge in [-0.15, -0.1) is 0 Å². The van der Waals surface area contributed by atoms with Crippen LogP contribution < -0.4 is 5.73 Å². The van der Waals surface area contributed by atoms with Crippen LogP contribution in [-0.2, 0) is 0 Å². The Labute approximate surface area is 105 Å². The highest BCUT2D eigenvalue weighted by Crippen LogP contribution is 2.28. The Morgan fingerprint density at radius 2 is 1.71 bits per heavy atom. The van der Waals surface area contributed by atoms with Gasteiger partial charge in [0.1, 0.15) is 0 Å². The predicted molar refractivity (Wildman–Crippen MR) is 70.6 cm³/mol. The van der Waals surface area contributed by atoms with Crippen LogP contribution in [0.2, 0.25) is 0 Å². The summed E-state index contributed by atoms with van der Waals surface area (Å²) in [5.74, 6) is 1.04. The van der Waals surface area contributed by atoms with E-state index in [4.69, 9.17) is 5.73 Å². The monoisotopic (exact) mass is 243 g/mol. The summed E-state index contributed by atoms with van der Waals surface area (Å²) in [7, 11) is 0. The van der Waals surface area contributed by atoms with E-state index in [1.807, 2.05) is 13.8 Å². The first-order valence-electron chi connectivity index (χ1n) is 7.12. The Bertz CT molecular complexity index is 202. The third-order valence-electron chi connectivity index (χ3n) is 3.88. The topological polar surface area (TPSA) is 66.5 Å². The van der Waals surface area contributed by atoms with Crippen LogP contribution in [0.3, 0.4) is 0 Å². The molecule has 3 heteroatoms. The molecule has 0 aromatic carbocycles. The minimum Gasteiger partial charge on any atom is -0.390 e. The lowest BCUT2D eigenvalue weighted by Gasteiger charge is -2.29. The van der Waals surface area contributed by atoms with Crippen molar-refractivity contribution in [3.63, 3.8) is 0 Å². The van der Waals surface area contributed by atoms with Crippen LogP contribution in [0.5, 0.6) is 0 Å². The Kier molecular flexibility index (Phi) is 6.45. The third kappa shape index (κ3) is 5.36. The van der Waals surface area contributed by atoms with E-state index in [1.165, 1.54) is 32.1 Å². The van der Waals surface area contributed by atoms with Crippen LogP contribution in [0.15, 0.2) is 0 Å². The predicted octanol–water partition coefficient (Wildman–Crippen LogP) is 2.05. The van der Waals surface area contributed by atoms with Crippen molar-refractivity contribution in [1.82, 2.24) is 0 Å². The number of hydrogen-bond acceptors (Lipinski definition) is 3. The molecule has 4 N–H and O–H groups in total. The molecular weight excluding hydrogens is 214 g/mol. The summed E-state index contributed by atoms with van der Waals surface area (Å²) in [5, 5.41) is 19.8. The molecule has 1 fully saturated rings. The van der Waals surface area contributed by atoms with Crippen molar-refractivity contribution in [2.24, 2.45) is 17.6 Å². The zero-order chi connectivity index (χ0) is 12.8. The van der Waals surface area contributed by atoms with Crippen molar-refractivity contribution in [3.8, 4) is 0 Å². The molecule has 102 valence electrons. The highest BCUT2D eigenvalue weighted by molar-refractivity contribution is 4.82. The molecule has 1 saturated carbocycles. The molecule has 1 rings (SSSR count). The summed E-state index contributed by atoms with van der Waals surface area (Å²) < 4.78 is 0. The molecule has 0 radical (unpaired) electrons. The van der Waals surface area contributed by atoms with Crippen LogP contribution in [0.1, 0.15) is 58.8 Å². The summed E-state index contributed by atoms with van der Waals surface area (Å²) in [4.78, 5) is 0. The number of aliphatic hydroxyl groups excluding tert-OH is 2. The van der Waals surface area contributed by atoms with E-state index < -0.39 is 12.2 Å². The molecule has 0 heterocycles. The van der Waals surface area contributed by atoms with Crippen molar-refractivity contribution in [3.05, 3.63) is 0 Å². The van der Waals surface area contributed by atoms with Gasteiger partial charge in [0.15, 0.2) is 0 Å². The van der Waals surface area contributed by atoms with Gasteiger partial charge in [-0.3, -0.25) is 0 Å². The van der Waals surface area contributed by atoms with Gasteiger partial charge >= 0.3 is 0 Å². The van der Waals surface area contributed by atoms with Gasteiger partial charge in [-0.05, 0) is 24.7 Å². The molecule has 17 heavy (non-hydrogen) atoms. The normalized spacial score (nSPS) is 23.6. The summed E-state index contributed by atoms with van der Waals surface area (Å²) in [6.07, 6.45) is 6.44. The Balaban J connectivity index is 2.31.